The Morgan fingerprint density at radius 2 is 1.82 bits per heavy atom. The van der Waals surface area contributed by atoms with Crippen LogP contribution in [0.3, 0.4) is 0 Å². The van der Waals surface area contributed by atoms with Gasteiger partial charge in [0, 0.05) is 31.6 Å². The van der Waals surface area contributed by atoms with E-state index in [0.717, 1.165) is 11.1 Å². The number of nitrogens with two attached hydrogens (primary N) is 1. The summed E-state index contributed by atoms with van der Waals surface area (Å²) in [7, 11) is 0. The maximum absolute atomic E-state index is 14.0. The van der Waals surface area contributed by atoms with E-state index in [-0.39, 0.29) is 49.3 Å². The van der Waals surface area contributed by atoms with Crippen LogP contribution in [0.5, 0.6) is 0 Å². The second kappa shape index (κ2) is 12.1. The third-order valence-electron chi connectivity index (χ3n) is 8.05. The number of hydrogen-bond acceptors (Lipinski definition) is 5. The lowest BCUT2D eigenvalue weighted by molar-refractivity contribution is -0.148. The Kier molecular flexibility index (Phi) is 8.95. The summed E-state index contributed by atoms with van der Waals surface area (Å²) in [4.78, 5) is 44.3. The fourth-order valence-electron chi connectivity index (χ4n) is 5.79. The first-order chi connectivity index (χ1) is 18.9. The van der Waals surface area contributed by atoms with E-state index in [4.69, 9.17) is 10.5 Å². The minimum atomic E-state index is -1.19. The zero-order valence-corrected chi connectivity index (χ0v) is 23.9. The zero-order chi connectivity index (χ0) is 29.1. The Bertz CT molecular complexity index is 1200. The van der Waals surface area contributed by atoms with Gasteiger partial charge in [0.2, 0.25) is 17.7 Å². The molecule has 1 spiro atoms. The van der Waals surface area contributed by atoms with Crippen molar-refractivity contribution >= 4 is 17.7 Å². The number of piperidine rings is 1. The van der Waals surface area contributed by atoms with Crippen molar-refractivity contribution in [1.29, 1.82) is 0 Å². The molecule has 3 amide bonds. The predicted molar refractivity (Wildman–Crippen MR) is 151 cm³/mol. The van der Waals surface area contributed by atoms with Crippen LogP contribution in [0.2, 0.25) is 0 Å². The van der Waals surface area contributed by atoms with Crippen molar-refractivity contribution in [1.82, 2.24) is 15.1 Å². The van der Waals surface area contributed by atoms with E-state index in [1.807, 2.05) is 49.1 Å². The normalized spacial score (nSPS) is 22.2. The molecular weight excluding hydrogens is 511 g/mol. The topological polar surface area (TPSA) is 105 Å². The van der Waals surface area contributed by atoms with Crippen LogP contribution in [-0.4, -0.2) is 71.4 Å². The summed E-state index contributed by atoms with van der Waals surface area (Å²) in [6, 6.07) is 14.9. The van der Waals surface area contributed by atoms with Crippen molar-refractivity contribution in [3.8, 4) is 0 Å². The Morgan fingerprint density at radius 1 is 1.15 bits per heavy atom. The van der Waals surface area contributed by atoms with Gasteiger partial charge in [0.05, 0.1) is 24.2 Å². The van der Waals surface area contributed by atoms with Crippen LogP contribution in [-0.2, 0) is 25.7 Å². The van der Waals surface area contributed by atoms with Gasteiger partial charge in [-0.05, 0) is 63.8 Å². The zero-order valence-electron chi connectivity index (χ0n) is 23.9. The number of likely N-dealkylation sites (tertiary alicyclic amines) is 2. The van der Waals surface area contributed by atoms with E-state index in [9.17, 15) is 18.8 Å². The number of rotatable bonds is 9. The van der Waals surface area contributed by atoms with Gasteiger partial charge in [0.25, 0.3) is 0 Å². The fraction of sp³-hybridized carbons (Fsp3) is 0.516. The molecule has 3 atom stereocenters. The molecule has 0 aliphatic carbocycles. The molecule has 0 aromatic heterocycles. The molecule has 2 heterocycles. The number of nitrogens with zero attached hydrogens (tertiary/aromatic N) is 2. The largest absolute Gasteiger partial charge is 0.374 e. The lowest BCUT2D eigenvalue weighted by Gasteiger charge is -2.43. The highest BCUT2D eigenvalue weighted by Gasteiger charge is 2.57. The number of benzene rings is 2. The standard InChI is InChI=1S/C31H41FN4O4/c1-21(2)36-17-25(23-11-13-24(32)14-12-23)31(29(36)39)15-8-16-35(20-31)27(37)26(34-28(38)30(3,4)33)19-40-18-22-9-6-5-7-10-22/h5-7,9-14,21,25-26H,8,15-20,33H2,1-4H3,(H,34,38). The van der Waals surface area contributed by atoms with Crippen molar-refractivity contribution in [2.24, 2.45) is 11.1 Å². The summed E-state index contributed by atoms with van der Waals surface area (Å²) >= 11 is 0. The molecule has 2 aromatic carbocycles. The Hall–Kier alpha value is -3.30. The van der Waals surface area contributed by atoms with Crippen LogP contribution in [0.15, 0.2) is 54.6 Å². The van der Waals surface area contributed by atoms with Crippen molar-refractivity contribution in [3.63, 3.8) is 0 Å². The van der Waals surface area contributed by atoms with E-state index in [1.54, 1.807) is 30.9 Å². The molecule has 0 saturated carbocycles. The average Bonchev–Trinajstić information content (AvgIpc) is 3.19. The first kappa shape index (κ1) is 29.7. The number of ether oxygens (including phenoxy) is 1. The lowest BCUT2D eigenvalue weighted by Crippen LogP contribution is -2.60. The molecule has 216 valence electrons. The number of nitrogens with one attached hydrogen (secondary N) is 1. The SMILES string of the molecule is CC(C)N1CC(c2ccc(F)cc2)C2(CCCN(C(=O)C(COCc3ccccc3)NC(=O)C(C)(C)N)C2)C1=O. The van der Waals surface area contributed by atoms with Crippen LogP contribution in [0.25, 0.3) is 0 Å². The molecule has 3 N–H and O–H groups in total. The molecule has 0 bridgehead atoms. The fourth-order valence-corrected chi connectivity index (χ4v) is 5.79. The summed E-state index contributed by atoms with van der Waals surface area (Å²) in [5, 5.41) is 2.79. The van der Waals surface area contributed by atoms with Gasteiger partial charge in [-0.25, -0.2) is 4.39 Å². The van der Waals surface area contributed by atoms with Crippen LogP contribution < -0.4 is 11.1 Å². The van der Waals surface area contributed by atoms with Crippen molar-refractivity contribution < 1.29 is 23.5 Å². The van der Waals surface area contributed by atoms with Gasteiger partial charge in [0.1, 0.15) is 11.9 Å². The molecule has 0 radical (unpaired) electrons. The number of carbonyl (C=O) groups excluding carboxylic acids is 3. The van der Waals surface area contributed by atoms with E-state index in [1.165, 1.54) is 12.1 Å². The number of amides is 3. The molecular formula is C31H41FN4O4. The number of carbonyl (C=O) groups is 3. The monoisotopic (exact) mass is 552 g/mol. The first-order valence-corrected chi connectivity index (χ1v) is 14.0. The summed E-state index contributed by atoms with van der Waals surface area (Å²) in [6.07, 6.45) is 1.26. The average molecular weight is 553 g/mol. The summed E-state index contributed by atoms with van der Waals surface area (Å²) in [5.74, 6) is -1.28. The maximum Gasteiger partial charge on any atom is 0.247 e. The van der Waals surface area contributed by atoms with Crippen LogP contribution in [0, 0.1) is 11.2 Å². The molecule has 2 aliphatic rings. The molecule has 2 saturated heterocycles. The molecule has 40 heavy (non-hydrogen) atoms. The van der Waals surface area contributed by atoms with Gasteiger partial charge in [-0.15, -0.1) is 0 Å². The Morgan fingerprint density at radius 3 is 2.45 bits per heavy atom. The molecule has 2 fully saturated rings. The third-order valence-corrected chi connectivity index (χ3v) is 8.05. The minimum Gasteiger partial charge on any atom is -0.374 e. The molecule has 9 heteroatoms. The van der Waals surface area contributed by atoms with Crippen LogP contribution in [0.4, 0.5) is 4.39 Å². The van der Waals surface area contributed by atoms with Crippen molar-refractivity contribution in [3.05, 3.63) is 71.5 Å². The lowest BCUT2D eigenvalue weighted by atomic mass is 9.69. The Labute approximate surface area is 236 Å². The molecule has 2 aliphatic heterocycles. The van der Waals surface area contributed by atoms with E-state index in [2.05, 4.69) is 5.32 Å². The van der Waals surface area contributed by atoms with E-state index in [0.29, 0.717) is 25.9 Å². The van der Waals surface area contributed by atoms with Gasteiger partial charge >= 0.3 is 0 Å². The maximum atomic E-state index is 14.0. The van der Waals surface area contributed by atoms with Crippen molar-refractivity contribution in [2.45, 2.75) is 70.7 Å². The molecule has 2 aromatic rings. The second-order valence-electron chi connectivity index (χ2n) is 11.9. The minimum absolute atomic E-state index is 0.00823. The highest BCUT2D eigenvalue weighted by atomic mass is 19.1. The summed E-state index contributed by atoms with van der Waals surface area (Å²) in [5.41, 5.74) is 5.83. The number of hydrogen-bond donors (Lipinski definition) is 2. The first-order valence-electron chi connectivity index (χ1n) is 14.0. The van der Waals surface area contributed by atoms with Crippen molar-refractivity contribution in [2.75, 3.05) is 26.2 Å². The van der Waals surface area contributed by atoms with E-state index < -0.39 is 22.9 Å². The molecule has 4 rings (SSSR count). The summed E-state index contributed by atoms with van der Waals surface area (Å²) < 4.78 is 19.6. The predicted octanol–water partition coefficient (Wildman–Crippen LogP) is 3.21. The summed E-state index contributed by atoms with van der Waals surface area (Å²) in [6.45, 7) is 8.55. The Balaban J connectivity index is 1.58. The third kappa shape index (κ3) is 6.36. The molecule has 3 unspecified atom stereocenters. The van der Waals surface area contributed by atoms with Gasteiger partial charge < -0.3 is 25.6 Å². The van der Waals surface area contributed by atoms with Gasteiger partial charge in [-0.3, -0.25) is 14.4 Å². The highest BCUT2D eigenvalue weighted by Crippen LogP contribution is 2.50. The van der Waals surface area contributed by atoms with Crippen LogP contribution in [0.1, 0.15) is 57.6 Å². The number of halogens is 1. The quantitative estimate of drug-likeness (QED) is 0.497. The second-order valence-corrected chi connectivity index (χ2v) is 11.9. The van der Waals surface area contributed by atoms with Gasteiger partial charge in [0.15, 0.2) is 0 Å². The smallest absolute Gasteiger partial charge is 0.247 e. The molecule has 8 nitrogen and oxygen atoms in total. The van der Waals surface area contributed by atoms with E-state index >= 15 is 0 Å². The highest BCUT2D eigenvalue weighted by molar-refractivity contribution is 5.93. The van der Waals surface area contributed by atoms with Gasteiger partial charge in [-0.2, -0.15) is 0 Å². The van der Waals surface area contributed by atoms with Crippen LogP contribution >= 0.6 is 0 Å². The van der Waals surface area contributed by atoms with Gasteiger partial charge in [-0.1, -0.05) is 42.5 Å².